The first-order valence-corrected chi connectivity index (χ1v) is 5.86. The predicted molar refractivity (Wildman–Crippen MR) is 74.3 cm³/mol. The molecule has 0 amide bonds. The standard InChI is InChI=1S/C16H12N2/c1-3-4-12-8-14-6-5-13-7-11(2)9-17-15(13)16(14)18-10-12/h5-10H,1-2H3. The van der Waals surface area contributed by atoms with Crippen molar-refractivity contribution >= 4 is 21.8 Å². The Morgan fingerprint density at radius 1 is 0.944 bits per heavy atom. The second-order valence-corrected chi connectivity index (χ2v) is 4.32. The molecule has 0 spiro atoms. The molecule has 0 radical (unpaired) electrons. The van der Waals surface area contributed by atoms with Crippen LogP contribution in [0.15, 0.2) is 36.7 Å². The maximum atomic E-state index is 4.49. The average molecular weight is 232 g/mol. The van der Waals surface area contributed by atoms with Crippen LogP contribution in [0.1, 0.15) is 18.1 Å². The first kappa shape index (κ1) is 10.7. The summed E-state index contributed by atoms with van der Waals surface area (Å²) in [5.74, 6) is 5.91. The fourth-order valence-electron chi connectivity index (χ4n) is 2.12. The fourth-order valence-corrected chi connectivity index (χ4v) is 2.12. The number of nitrogens with zero attached hydrogens (tertiary/aromatic N) is 2. The molecular formula is C16H12N2. The summed E-state index contributed by atoms with van der Waals surface area (Å²) in [6.45, 7) is 3.87. The minimum absolute atomic E-state index is 0.939. The zero-order valence-corrected chi connectivity index (χ0v) is 10.4. The van der Waals surface area contributed by atoms with Crippen LogP contribution in [-0.2, 0) is 0 Å². The van der Waals surface area contributed by atoms with E-state index in [1.807, 2.05) is 20.0 Å². The molecule has 2 aromatic heterocycles. The smallest absolute Gasteiger partial charge is 0.0965 e. The summed E-state index contributed by atoms with van der Waals surface area (Å²) in [7, 11) is 0. The summed E-state index contributed by atoms with van der Waals surface area (Å²) in [6, 6.07) is 8.35. The molecule has 0 aliphatic heterocycles. The molecule has 0 atom stereocenters. The molecule has 2 heterocycles. The van der Waals surface area contributed by atoms with Gasteiger partial charge >= 0.3 is 0 Å². The van der Waals surface area contributed by atoms with Crippen LogP contribution in [0.5, 0.6) is 0 Å². The van der Waals surface area contributed by atoms with Gasteiger partial charge < -0.3 is 0 Å². The predicted octanol–water partition coefficient (Wildman–Crippen LogP) is 3.46. The van der Waals surface area contributed by atoms with Gasteiger partial charge in [-0.1, -0.05) is 18.1 Å². The molecule has 0 N–H and O–H groups in total. The van der Waals surface area contributed by atoms with E-state index in [0.717, 1.165) is 32.9 Å². The topological polar surface area (TPSA) is 25.8 Å². The number of fused-ring (bicyclic) bond motifs is 3. The Balaban J connectivity index is 2.37. The molecule has 0 saturated heterocycles. The summed E-state index contributed by atoms with van der Waals surface area (Å²) < 4.78 is 0. The van der Waals surface area contributed by atoms with E-state index >= 15 is 0 Å². The molecule has 2 nitrogen and oxygen atoms in total. The van der Waals surface area contributed by atoms with E-state index in [0.29, 0.717) is 0 Å². The van der Waals surface area contributed by atoms with Crippen molar-refractivity contribution in [1.82, 2.24) is 9.97 Å². The molecule has 0 bridgehead atoms. The molecule has 2 heteroatoms. The highest BCUT2D eigenvalue weighted by molar-refractivity contribution is 6.02. The van der Waals surface area contributed by atoms with E-state index in [-0.39, 0.29) is 0 Å². The number of rotatable bonds is 0. The minimum atomic E-state index is 0.939. The molecule has 3 rings (SSSR count). The molecule has 0 unspecified atom stereocenters. The summed E-state index contributed by atoms with van der Waals surface area (Å²) in [5.41, 5.74) is 4.00. The van der Waals surface area contributed by atoms with Crippen molar-refractivity contribution in [2.45, 2.75) is 13.8 Å². The lowest BCUT2D eigenvalue weighted by molar-refractivity contribution is 1.32. The van der Waals surface area contributed by atoms with Gasteiger partial charge in [0.05, 0.1) is 11.0 Å². The Morgan fingerprint density at radius 2 is 1.61 bits per heavy atom. The zero-order valence-electron chi connectivity index (χ0n) is 10.4. The minimum Gasteiger partial charge on any atom is -0.254 e. The van der Waals surface area contributed by atoms with Gasteiger partial charge in [-0.25, -0.2) is 0 Å². The van der Waals surface area contributed by atoms with Crippen LogP contribution in [0, 0.1) is 18.8 Å². The van der Waals surface area contributed by atoms with Crippen molar-refractivity contribution in [3.8, 4) is 11.8 Å². The third-order valence-corrected chi connectivity index (χ3v) is 2.91. The normalized spacial score (nSPS) is 10.3. The van der Waals surface area contributed by atoms with Crippen LogP contribution in [0.3, 0.4) is 0 Å². The highest BCUT2D eigenvalue weighted by Crippen LogP contribution is 2.22. The Kier molecular flexibility index (Phi) is 2.46. The van der Waals surface area contributed by atoms with Gasteiger partial charge in [0.1, 0.15) is 0 Å². The molecule has 0 saturated carbocycles. The maximum Gasteiger partial charge on any atom is 0.0965 e. The second kappa shape index (κ2) is 4.12. The van der Waals surface area contributed by atoms with E-state index in [9.17, 15) is 0 Å². The van der Waals surface area contributed by atoms with Crippen molar-refractivity contribution < 1.29 is 0 Å². The number of aromatic nitrogens is 2. The van der Waals surface area contributed by atoms with E-state index < -0.39 is 0 Å². The van der Waals surface area contributed by atoms with E-state index in [1.165, 1.54) is 0 Å². The first-order chi connectivity index (χ1) is 8.78. The summed E-state index contributed by atoms with van der Waals surface area (Å²) in [4.78, 5) is 8.98. The molecular weight excluding hydrogens is 220 g/mol. The Hall–Kier alpha value is -2.40. The van der Waals surface area contributed by atoms with Crippen molar-refractivity contribution in [3.05, 3.63) is 47.8 Å². The second-order valence-electron chi connectivity index (χ2n) is 4.32. The Labute approximate surface area is 106 Å². The molecule has 0 aliphatic rings. The SMILES string of the molecule is CC#Cc1cnc2c(ccc3cc(C)cnc32)c1. The highest BCUT2D eigenvalue weighted by Gasteiger charge is 2.03. The average Bonchev–Trinajstić information content (AvgIpc) is 2.38. The third-order valence-electron chi connectivity index (χ3n) is 2.91. The van der Waals surface area contributed by atoms with Gasteiger partial charge in [0.2, 0.25) is 0 Å². The van der Waals surface area contributed by atoms with Gasteiger partial charge in [0.15, 0.2) is 0 Å². The van der Waals surface area contributed by atoms with Gasteiger partial charge in [-0.2, -0.15) is 0 Å². The molecule has 0 fully saturated rings. The largest absolute Gasteiger partial charge is 0.254 e. The molecule has 1 aromatic carbocycles. The van der Waals surface area contributed by atoms with E-state index in [1.54, 1.807) is 6.20 Å². The number of hydrogen-bond donors (Lipinski definition) is 0. The van der Waals surface area contributed by atoms with Gasteiger partial charge in [-0.15, -0.1) is 5.92 Å². The van der Waals surface area contributed by atoms with Crippen molar-refractivity contribution in [3.63, 3.8) is 0 Å². The number of aryl methyl sites for hydroxylation is 1. The quantitative estimate of drug-likeness (QED) is 0.438. The van der Waals surface area contributed by atoms with Crippen LogP contribution >= 0.6 is 0 Å². The van der Waals surface area contributed by atoms with Gasteiger partial charge in [0, 0.05) is 28.7 Å². The fraction of sp³-hybridized carbons (Fsp3) is 0.125. The molecule has 18 heavy (non-hydrogen) atoms. The Bertz CT molecular complexity index is 808. The molecule has 3 aromatic rings. The van der Waals surface area contributed by atoms with Crippen molar-refractivity contribution in [2.24, 2.45) is 0 Å². The number of pyridine rings is 2. The highest BCUT2D eigenvalue weighted by atomic mass is 14.7. The summed E-state index contributed by atoms with van der Waals surface area (Å²) in [6.07, 6.45) is 3.68. The lowest BCUT2D eigenvalue weighted by Gasteiger charge is -2.03. The van der Waals surface area contributed by atoms with Crippen LogP contribution < -0.4 is 0 Å². The van der Waals surface area contributed by atoms with E-state index in [4.69, 9.17) is 0 Å². The lowest BCUT2D eigenvalue weighted by atomic mass is 10.1. The summed E-state index contributed by atoms with van der Waals surface area (Å²) >= 11 is 0. The van der Waals surface area contributed by atoms with Gasteiger partial charge in [-0.3, -0.25) is 9.97 Å². The first-order valence-electron chi connectivity index (χ1n) is 5.86. The summed E-state index contributed by atoms with van der Waals surface area (Å²) in [5, 5.41) is 2.21. The van der Waals surface area contributed by atoms with E-state index in [2.05, 4.69) is 46.1 Å². The Morgan fingerprint density at radius 3 is 2.33 bits per heavy atom. The molecule has 0 aliphatic carbocycles. The number of benzene rings is 1. The number of hydrogen-bond acceptors (Lipinski definition) is 2. The lowest BCUT2D eigenvalue weighted by Crippen LogP contribution is -1.87. The van der Waals surface area contributed by atoms with Crippen LogP contribution in [0.2, 0.25) is 0 Å². The van der Waals surface area contributed by atoms with Gasteiger partial charge in [-0.05, 0) is 31.5 Å². The third kappa shape index (κ3) is 1.70. The van der Waals surface area contributed by atoms with Crippen LogP contribution in [-0.4, -0.2) is 9.97 Å². The van der Waals surface area contributed by atoms with Crippen molar-refractivity contribution in [2.75, 3.05) is 0 Å². The van der Waals surface area contributed by atoms with Crippen LogP contribution in [0.4, 0.5) is 0 Å². The monoisotopic (exact) mass is 232 g/mol. The van der Waals surface area contributed by atoms with Crippen LogP contribution in [0.25, 0.3) is 21.8 Å². The maximum absolute atomic E-state index is 4.49. The zero-order chi connectivity index (χ0) is 12.5. The van der Waals surface area contributed by atoms with Crippen molar-refractivity contribution in [1.29, 1.82) is 0 Å². The van der Waals surface area contributed by atoms with Gasteiger partial charge in [0.25, 0.3) is 0 Å². The molecule has 86 valence electrons.